The average molecular weight is 292 g/mol. The molecule has 0 amide bonds. The number of halogens is 2. The van der Waals surface area contributed by atoms with E-state index in [1.807, 2.05) is 0 Å². The predicted molar refractivity (Wildman–Crippen MR) is 66.5 cm³/mol. The van der Waals surface area contributed by atoms with Gasteiger partial charge >= 0.3 is 0 Å². The molecule has 17 heavy (non-hydrogen) atoms. The highest BCUT2D eigenvalue weighted by Crippen LogP contribution is 2.24. The fraction of sp³-hybridized carbons (Fsp3) is 0. The molecule has 0 saturated carbocycles. The van der Waals surface area contributed by atoms with Gasteiger partial charge in [0.15, 0.2) is 0 Å². The van der Waals surface area contributed by atoms with Crippen molar-refractivity contribution in [2.24, 2.45) is 0 Å². The minimum absolute atomic E-state index is 0.260. The van der Waals surface area contributed by atoms with Crippen molar-refractivity contribution in [2.75, 3.05) is 0 Å². The molecular formula is C12H7BrFN3. The van der Waals surface area contributed by atoms with Gasteiger partial charge in [-0.3, -0.25) is 4.98 Å². The van der Waals surface area contributed by atoms with E-state index in [-0.39, 0.29) is 5.82 Å². The summed E-state index contributed by atoms with van der Waals surface area (Å²) >= 11 is 3.42. The first-order valence-electron chi connectivity index (χ1n) is 4.99. The number of aromatic nitrogens is 3. The van der Waals surface area contributed by atoms with E-state index in [9.17, 15) is 4.39 Å². The Morgan fingerprint density at radius 3 is 2.59 bits per heavy atom. The minimum atomic E-state index is -0.260. The zero-order valence-electron chi connectivity index (χ0n) is 8.64. The summed E-state index contributed by atoms with van der Waals surface area (Å²) < 4.78 is 15.5. The third-order valence-electron chi connectivity index (χ3n) is 2.52. The van der Waals surface area contributed by atoms with Gasteiger partial charge < -0.3 is 0 Å². The molecule has 1 aromatic carbocycles. The summed E-state index contributed by atoms with van der Waals surface area (Å²) in [5, 5.41) is 5.26. The molecule has 5 heteroatoms. The molecule has 0 unspecified atom stereocenters. The van der Waals surface area contributed by atoms with Crippen LogP contribution in [0.25, 0.3) is 16.6 Å². The normalized spacial score (nSPS) is 10.9. The highest BCUT2D eigenvalue weighted by Gasteiger charge is 2.07. The lowest BCUT2D eigenvalue weighted by molar-refractivity contribution is 0.627. The standard InChI is InChI=1S/C12H7BrFN3/c13-11-6-15-7-12-10(11)5-16-17(12)9-3-1-8(14)2-4-9/h1-7H. The molecule has 0 radical (unpaired) electrons. The number of benzene rings is 1. The molecule has 0 aliphatic heterocycles. The highest BCUT2D eigenvalue weighted by molar-refractivity contribution is 9.10. The van der Waals surface area contributed by atoms with E-state index in [0.717, 1.165) is 21.1 Å². The molecule has 2 aromatic heterocycles. The Morgan fingerprint density at radius 1 is 1.06 bits per heavy atom. The Balaban J connectivity index is 2.24. The largest absolute Gasteiger partial charge is 0.261 e. The summed E-state index contributed by atoms with van der Waals surface area (Å²) in [7, 11) is 0. The maximum atomic E-state index is 12.9. The molecule has 0 atom stereocenters. The topological polar surface area (TPSA) is 30.7 Å². The van der Waals surface area contributed by atoms with Gasteiger partial charge in [0, 0.05) is 16.1 Å². The number of pyridine rings is 1. The SMILES string of the molecule is Fc1ccc(-n2ncc3c(Br)cncc32)cc1. The van der Waals surface area contributed by atoms with E-state index >= 15 is 0 Å². The lowest BCUT2D eigenvalue weighted by atomic mass is 10.3. The molecule has 0 N–H and O–H groups in total. The Bertz CT molecular complexity index is 676. The molecule has 0 fully saturated rings. The van der Waals surface area contributed by atoms with Crippen LogP contribution in [0.1, 0.15) is 0 Å². The molecule has 3 aromatic rings. The van der Waals surface area contributed by atoms with Gasteiger partial charge in [-0.05, 0) is 40.2 Å². The third kappa shape index (κ3) is 1.72. The van der Waals surface area contributed by atoms with Gasteiger partial charge in [0.25, 0.3) is 0 Å². The van der Waals surface area contributed by atoms with Gasteiger partial charge in [0.05, 0.1) is 23.6 Å². The Kier molecular flexibility index (Phi) is 2.40. The van der Waals surface area contributed by atoms with Gasteiger partial charge in [-0.25, -0.2) is 9.07 Å². The summed E-state index contributed by atoms with van der Waals surface area (Å²) in [6, 6.07) is 6.19. The number of fused-ring (bicyclic) bond motifs is 1. The summed E-state index contributed by atoms with van der Waals surface area (Å²) in [5.74, 6) is -0.260. The molecule has 2 heterocycles. The lowest BCUT2D eigenvalue weighted by Crippen LogP contribution is -1.96. The van der Waals surface area contributed by atoms with Crippen molar-refractivity contribution < 1.29 is 4.39 Å². The van der Waals surface area contributed by atoms with E-state index in [4.69, 9.17) is 0 Å². The van der Waals surface area contributed by atoms with Crippen molar-refractivity contribution >= 4 is 26.8 Å². The molecule has 0 aliphatic rings. The van der Waals surface area contributed by atoms with Crippen molar-refractivity contribution in [1.82, 2.24) is 14.8 Å². The van der Waals surface area contributed by atoms with Crippen molar-refractivity contribution in [2.45, 2.75) is 0 Å². The van der Waals surface area contributed by atoms with Crippen molar-refractivity contribution in [3.63, 3.8) is 0 Å². The van der Waals surface area contributed by atoms with Crippen LogP contribution >= 0.6 is 15.9 Å². The molecule has 0 spiro atoms. The fourth-order valence-corrected chi connectivity index (χ4v) is 2.12. The maximum Gasteiger partial charge on any atom is 0.123 e. The second-order valence-corrected chi connectivity index (χ2v) is 4.44. The number of rotatable bonds is 1. The fourth-order valence-electron chi connectivity index (χ4n) is 1.70. The quantitative estimate of drug-likeness (QED) is 0.689. The van der Waals surface area contributed by atoms with Crippen molar-refractivity contribution in [1.29, 1.82) is 0 Å². The molecule has 0 saturated heterocycles. The predicted octanol–water partition coefficient (Wildman–Crippen LogP) is 3.32. The van der Waals surface area contributed by atoms with Crippen LogP contribution in [-0.2, 0) is 0 Å². The maximum absolute atomic E-state index is 12.9. The van der Waals surface area contributed by atoms with Gasteiger partial charge in [0.1, 0.15) is 5.82 Å². The van der Waals surface area contributed by atoms with Crippen LogP contribution in [0.5, 0.6) is 0 Å². The van der Waals surface area contributed by atoms with E-state index in [1.54, 1.807) is 35.4 Å². The first kappa shape index (κ1) is 10.4. The summed E-state index contributed by atoms with van der Waals surface area (Å²) in [5.41, 5.74) is 1.69. The number of hydrogen-bond donors (Lipinski definition) is 0. The van der Waals surface area contributed by atoms with Crippen LogP contribution in [0.2, 0.25) is 0 Å². The van der Waals surface area contributed by atoms with Crippen LogP contribution in [0.3, 0.4) is 0 Å². The third-order valence-corrected chi connectivity index (χ3v) is 3.15. The van der Waals surface area contributed by atoms with Crippen molar-refractivity contribution in [3.8, 4) is 5.69 Å². The van der Waals surface area contributed by atoms with Crippen molar-refractivity contribution in [3.05, 3.63) is 53.1 Å². The lowest BCUT2D eigenvalue weighted by Gasteiger charge is -2.02. The molecule has 0 bridgehead atoms. The second-order valence-electron chi connectivity index (χ2n) is 3.59. The smallest absolute Gasteiger partial charge is 0.123 e. The summed E-state index contributed by atoms with van der Waals surface area (Å²) in [6.07, 6.45) is 5.21. The minimum Gasteiger partial charge on any atom is -0.261 e. The summed E-state index contributed by atoms with van der Waals surface area (Å²) in [4.78, 5) is 4.11. The van der Waals surface area contributed by atoms with Crippen LogP contribution in [0.4, 0.5) is 4.39 Å². The average Bonchev–Trinajstić information content (AvgIpc) is 2.75. The molecular weight excluding hydrogens is 285 g/mol. The van der Waals surface area contributed by atoms with Crippen LogP contribution in [0.15, 0.2) is 47.3 Å². The highest BCUT2D eigenvalue weighted by atomic mass is 79.9. The van der Waals surface area contributed by atoms with E-state index in [2.05, 4.69) is 26.0 Å². The van der Waals surface area contributed by atoms with E-state index < -0.39 is 0 Å². The molecule has 3 nitrogen and oxygen atoms in total. The Labute approximate surface area is 105 Å². The first-order chi connectivity index (χ1) is 8.25. The van der Waals surface area contributed by atoms with Gasteiger partial charge in [-0.15, -0.1) is 0 Å². The number of hydrogen-bond acceptors (Lipinski definition) is 2. The Morgan fingerprint density at radius 2 is 1.82 bits per heavy atom. The summed E-state index contributed by atoms with van der Waals surface area (Å²) in [6.45, 7) is 0. The zero-order valence-corrected chi connectivity index (χ0v) is 10.2. The van der Waals surface area contributed by atoms with Crippen LogP contribution in [0, 0.1) is 5.82 Å². The van der Waals surface area contributed by atoms with E-state index in [0.29, 0.717) is 0 Å². The second kappa shape index (κ2) is 3.92. The molecule has 84 valence electrons. The monoisotopic (exact) mass is 291 g/mol. The van der Waals surface area contributed by atoms with Gasteiger partial charge in [0.2, 0.25) is 0 Å². The first-order valence-corrected chi connectivity index (χ1v) is 5.78. The Hall–Kier alpha value is -1.75. The van der Waals surface area contributed by atoms with Gasteiger partial charge in [-0.2, -0.15) is 5.10 Å². The van der Waals surface area contributed by atoms with Crippen LogP contribution < -0.4 is 0 Å². The van der Waals surface area contributed by atoms with E-state index in [1.165, 1.54) is 12.1 Å². The van der Waals surface area contributed by atoms with Crippen LogP contribution in [-0.4, -0.2) is 14.8 Å². The molecule has 0 aliphatic carbocycles. The van der Waals surface area contributed by atoms with Gasteiger partial charge in [-0.1, -0.05) is 0 Å². The molecule has 3 rings (SSSR count). The number of nitrogens with zero attached hydrogens (tertiary/aromatic N) is 3. The zero-order chi connectivity index (χ0) is 11.8.